The van der Waals surface area contributed by atoms with Crippen molar-refractivity contribution >= 4 is 5.91 Å². The third kappa shape index (κ3) is 3.51. The average Bonchev–Trinajstić information content (AvgIpc) is 3.15. The Morgan fingerprint density at radius 1 is 1.30 bits per heavy atom. The van der Waals surface area contributed by atoms with Crippen LogP contribution in [0, 0.1) is 11.3 Å². The minimum atomic E-state index is -0.0783. The molecule has 4 rings (SSSR count). The van der Waals surface area contributed by atoms with Gasteiger partial charge in [-0.1, -0.05) is 5.16 Å². The number of pyridine rings is 1. The average molecular weight is 360 g/mol. The molecule has 1 aliphatic heterocycles. The second-order valence-electron chi connectivity index (χ2n) is 6.17. The van der Waals surface area contributed by atoms with Crippen LogP contribution in [0.2, 0.25) is 0 Å². The van der Waals surface area contributed by atoms with E-state index in [0.717, 1.165) is 11.3 Å². The van der Waals surface area contributed by atoms with Gasteiger partial charge in [-0.2, -0.15) is 5.26 Å². The fourth-order valence-corrected chi connectivity index (χ4v) is 3.00. The number of rotatable bonds is 4. The molecule has 1 amide bonds. The molecular weight excluding hydrogens is 344 g/mol. The maximum absolute atomic E-state index is 12.8. The smallest absolute Gasteiger partial charge is 0.254 e. The number of aromatic nitrogens is 2. The molecule has 0 spiro atoms. The predicted molar refractivity (Wildman–Crippen MR) is 94.7 cm³/mol. The van der Waals surface area contributed by atoms with Crippen molar-refractivity contribution in [3.8, 4) is 11.8 Å². The highest BCUT2D eigenvalue weighted by atomic mass is 16.5. The summed E-state index contributed by atoms with van der Waals surface area (Å²) in [5.74, 6) is 1.37. The zero-order valence-corrected chi connectivity index (χ0v) is 14.5. The van der Waals surface area contributed by atoms with Crippen molar-refractivity contribution in [1.82, 2.24) is 15.0 Å². The van der Waals surface area contributed by atoms with E-state index in [-0.39, 0.29) is 12.5 Å². The summed E-state index contributed by atoms with van der Waals surface area (Å²) in [6.07, 6.45) is 3.92. The second kappa shape index (κ2) is 7.30. The zero-order valence-electron chi connectivity index (χ0n) is 14.5. The topological polar surface area (TPSA) is 92.2 Å². The van der Waals surface area contributed by atoms with Crippen LogP contribution in [0.25, 0.3) is 0 Å². The first-order valence-electron chi connectivity index (χ1n) is 8.53. The summed E-state index contributed by atoms with van der Waals surface area (Å²) in [4.78, 5) is 18.5. The van der Waals surface area contributed by atoms with Gasteiger partial charge in [0, 0.05) is 30.3 Å². The summed E-state index contributed by atoms with van der Waals surface area (Å²) >= 11 is 0. The third-order valence-corrected chi connectivity index (χ3v) is 4.47. The summed E-state index contributed by atoms with van der Waals surface area (Å²) in [6, 6.07) is 12.3. The Morgan fingerprint density at radius 2 is 2.15 bits per heavy atom. The number of ether oxygens (including phenoxy) is 1. The lowest BCUT2D eigenvalue weighted by Gasteiger charge is -2.26. The van der Waals surface area contributed by atoms with Crippen LogP contribution in [-0.4, -0.2) is 27.5 Å². The Hall–Kier alpha value is -3.66. The monoisotopic (exact) mass is 360 g/mol. The van der Waals surface area contributed by atoms with Crippen molar-refractivity contribution in [2.24, 2.45) is 0 Å². The lowest BCUT2D eigenvalue weighted by Crippen LogP contribution is -2.36. The molecule has 0 atom stereocenters. The van der Waals surface area contributed by atoms with Crippen LogP contribution in [0.4, 0.5) is 0 Å². The van der Waals surface area contributed by atoms with Gasteiger partial charge >= 0.3 is 0 Å². The van der Waals surface area contributed by atoms with Crippen molar-refractivity contribution < 1.29 is 14.1 Å². The Balaban J connectivity index is 1.48. The van der Waals surface area contributed by atoms with E-state index >= 15 is 0 Å². The molecule has 3 aromatic rings. The minimum absolute atomic E-state index is 0.0783. The third-order valence-electron chi connectivity index (χ3n) is 4.47. The first kappa shape index (κ1) is 16.8. The van der Waals surface area contributed by atoms with Crippen LogP contribution in [0.15, 0.2) is 53.3 Å². The molecule has 1 aliphatic rings. The SMILES string of the molecule is N#Cc1ccc(C(=O)N2CCc3onc(COc4cccnc4)c3C2)cc1. The number of nitrogens with zero attached hydrogens (tertiary/aromatic N) is 4. The highest BCUT2D eigenvalue weighted by Gasteiger charge is 2.27. The van der Waals surface area contributed by atoms with Crippen LogP contribution in [0.3, 0.4) is 0 Å². The number of fused-ring (bicyclic) bond motifs is 1. The molecule has 0 N–H and O–H groups in total. The fourth-order valence-electron chi connectivity index (χ4n) is 3.00. The first-order valence-corrected chi connectivity index (χ1v) is 8.53. The molecule has 0 aliphatic carbocycles. The maximum Gasteiger partial charge on any atom is 0.254 e. The molecule has 0 fully saturated rings. The van der Waals surface area contributed by atoms with Gasteiger partial charge in [-0.15, -0.1) is 0 Å². The maximum atomic E-state index is 12.8. The lowest BCUT2D eigenvalue weighted by atomic mass is 10.0. The minimum Gasteiger partial charge on any atom is -0.486 e. The zero-order chi connectivity index (χ0) is 18.6. The van der Waals surface area contributed by atoms with E-state index in [4.69, 9.17) is 14.5 Å². The van der Waals surface area contributed by atoms with Crippen LogP contribution in [-0.2, 0) is 19.6 Å². The number of hydrogen-bond donors (Lipinski definition) is 0. The first-order chi connectivity index (χ1) is 13.2. The van der Waals surface area contributed by atoms with Crippen molar-refractivity contribution in [3.05, 3.63) is 76.9 Å². The van der Waals surface area contributed by atoms with Crippen molar-refractivity contribution in [1.29, 1.82) is 5.26 Å². The number of nitriles is 1. The summed E-state index contributed by atoms with van der Waals surface area (Å²) in [5.41, 5.74) is 2.67. The van der Waals surface area contributed by atoms with Gasteiger partial charge in [-0.3, -0.25) is 9.78 Å². The van der Waals surface area contributed by atoms with E-state index in [1.807, 2.05) is 6.07 Å². The summed E-state index contributed by atoms with van der Waals surface area (Å²) in [5, 5.41) is 13.0. The van der Waals surface area contributed by atoms with Gasteiger partial charge in [0.1, 0.15) is 23.8 Å². The molecule has 2 aromatic heterocycles. The van der Waals surface area contributed by atoms with Gasteiger partial charge in [0.25, 0.3) is 5.91 Å². The highest BCUT2D eigenvalue weighted by molar-refractivity contribution is 5.94. The Kier molecular flexibility index (Phi) is 4.54. The molecule has 0 unspecified atom stereocenters. The molecule has 27 heavy (non-hydrogen) atoms. The second-order valence-corrected chi connectivity index (χ2v) is 6.17. The van der Waals surface area contributed by atoms with Crippen molar-refractivity contribution in [3.63, 3.8) is 0 Å². The number of carbonyl (C=O) groups excluding carboxylic acids is 1. The fraction of sp³-hybridized carbons (Fsp3) is 0.200. The molecule has 0 saturated heterocycles. The molecule has 0 bridgehead atoms. The summed E-state index contributed by atoms with van der Waals surface area (Å²) < 4.78 is 11.1. The molecule has 7 heteroatoms. The van der Waals surface area contributed by atoms with E-state index in [9.17, 15) is 4.79 Å². The summed E-state index contributed by atoms with van der Waals surface area (Å²) in [7, 11) is 0. The Morgan fingerprint density at radius 3 is 2.89 bits per heavy atom. The van der Waals surface area contributed by atoms with Crippen LogP contribution < -0.4 is 4.74 Å². The van der Waals surface area contributed by atoms with Crippen molar-refractivity contribution in [2.45, 2.75) is 19.6 Å². The van der Waals surface area contributed by atoms with Crippen molar-refractivity contribution in [2.75, 3.05) is 6.54 Å². The van der Waals surface area contributed by atoms with Gasteiger partial charge in [0.05, 0.1) is 24.4 Å². The normalized spacial score (nSPS) is 12.9. The molecule has 3 heterocycles. The number of hydrogen-bond acceptors (Lipinski definition) is 6. The number of amides is 1. The largest absolute Gasteiger partial charge is 0.486 e. The van der Waals surface area contributed by atoms with E-state index in [2.05, 4.69) is 16.2 Å². The lowest BCUT2D eigenvalue weighted by molar-refractivity contribution is 0.0728. The van der Waals surface area contributed by atoms with Gasteiger partial charge in [-0.25, -0.2) is 0 Å². The molecule has 0 saturated carbocycles. The quantitative estimate of drug-likeness (QED) is 0.710. The number of benzene rings is 1. The van der Waals surface area contributed by atoms with Gasteiger partial charge in [0.15, 0.2) is 0 Å². The standard InChI is InChI=1S/C20H16N4O3/c21-10-14-3-5-15(6-4-14)20(25)24-9-7-19-17(12-24)18(23-27-19)13-26-16-2-1-8-22-11-16/h1-6,8,11H,7,9,12-13H2. The van der Waals surface area contributed by atoms with Crippen LogP contribution >= 0.6 is 0 Å². The molecule has 134 valence electrons. The van der Waals surface area contributed by atoms with E-state index < -0.39 is 0 Å². The summed E-state index contributed by atoms with van der Waals surface area (Å²) in [6.45, 7) is 1.23. The van der Waals surface area contributed by atoms with Gasteiger partial charge < -0.3 is 14.2 Å². The van der Waals surface area contributed by atoms with E-state index in [1.165, 1.54) is 0 Å². The molecule has 1 aromatic carbocycles. The molecular formula is C20H16N4O3. The Bertz CT molecular complexity index is 990. The number of carbonyl (C=O) groups is 1. The molecule has 7 nitrogen and oxygen atoms in total. The van der Waals surface area contributed by atoms with E-state index in [0.29, 0.717) is 42.1 Å². The van der Waals surface area contributed by atoms with Crippen LogP contribution in [0.1, 0.15) is 32.9 Å². The molecule has 0 radical (unpaired) electrons. The van der Waals surface area contributed by atoms with Crippen LogP contribution in [0.5, 0.6) is 5.75 Å². The van der Waals surface area contributed by atoms with E-state index in [1.54, 1.807) is 47.6 Å². The van der Waals surface area contributed by atoms with Gasteiger partial charge in [-0.05, 0) is 36.4 Å². The Labute approximate surface area is 155 Å². The predicted octanol–water partition coefficient (Wildman–Crippen LogP) is 2.72. The van der Waals surface area contributed by atoms with Gasteiger partial charge in [0.2, 0.25) is 0 Å². The highest BCUT2D eigenvalue weighted by Crippen LogP contribution is 2.25.